The van der Waals surface area contributed by atoms with E-state index in [1.165, 1.54) is 24.3 Å². The van der Waals surface area contributed by atoms with E-state index in [4.69, 9.17) is 21.7 Å². The monoisotopic (exact) mass is 294 g/mol. The summed E-state index contributed by atoms with van der Waals surface area (Å²) in [4.78, 5) is 0. The zero-order valence-corrected chi connectivity index (χ0v) is 12.0. The Bertz CT molecular complexity index is 641. The zero-order chi connectivity index (χ0) is 15.9. The molecule has 0 fully saturated rings. The second-order valence-corrected chi connectivity index (χ2v) is 4.76. The van der Waals surface area contributed by atoms with E-state index in [0.717, 1.165) is 22.5 Å². The van der Waals surface area contributed by atoms with Gasteiger partial charge >= 0.3 is 0 Å². The number of aromatic hydroxyl groups is 2. The first-order chi connectivity index (χ1) is 10.5. The van der Waals surface area contributed by atoms with E-state index < -0.39 is 0 Å². The number of anilines is 2. The Morgan fingerprint density at radius 1 is 0.455 bits per heavy atom. The van der Waals surface area contributed by atoms with Crippen LogP contribution in [0.4, 0.5) is 11.4 Å². The molecule has 0 unspecified atom stereocenters. The predicted octanol–water partition coefficient (Wildman–Crippen LogP) is 3.62. The molecule has 3 rings (SSSR count). The van der Waals surface area contributed by atoms with Crippen LogP contribution >= 0.6 is 0 Å². The van der Waals surface area contributed by atoms with Crippen LogP contribution in [0.1, 0.15) is 0 Å². The van der Waals surface area contributed by atoms with Crippen LogP contribution in [0.5, 0.6) is 11.5 Å². The number of phenols is 2. The van der Waals surface area contributed by atoms with Gasteiger partial charge in [0.05, 0.1) is 0 Å². The minimum atomic E-state index is 0.169. The quantitative estimate of drug-likeness (QED) is 0.407. The van der Waals surface area contributed by atoms with Crippen LogP contribution < -0.4 is 11.5 Å². The standard InChI is InChI=1S/C12H12N2.C6H6O2/c13-11-5-1-9(2-6-11)10-3-7-12(14)8-4-10;7-5-1-2-6(8)4-3-5/h1-8H,13-14H2;1-4,7-8H. The molecule has 0 radical (unpaired) electrons. The van der Waals surface area contributed by atoms with Crippen molar-refractivity contribution in [1.29, 1.82) is 0 Å². The molecule has 0 bridgehead atoms. The lowest BCUT2D eigenvalue weighted by Gasteiger charge is -2.02. The number of benzene rings is 3. The molecule has 0 aliphatic rings. The van der Waals surface area contributed by atoms with E-state index in [2.05, 4.69) is 0 Å². The summed E-state index contributed by atoms with van der Waals surface area (Å²) >= 11 is 0. The topological polar surface area (TPSA) is 92.5 Å². The molecule has 0 saturated heterocycles. The fraction of sp³-hybridized carbons (Fsp3) is 0. The van der Waals surface area contributed by atoms with E-state index in [0.29, 0.717) is 0 Å². The highest BCUT2D eigenvalue weighted by Crippen LogP contribution is 2.21. The van der Waals surface area contributed by atoms with Crippen LogP contribution in [0.25, 0.3) is 11.1 Å². The highest BCUT2D eigenvalue weighted by molar-refractivity contribution is 5.67. The third-order valence-corrected chi connectivity index (χ3v) is 3.00. The number of hydrogen-bond donors (Lipinski definition) is 4. The van der Waals surface area contributed by atoms with Crippen molar-refractivity contribution in [3.63, 3.8) is 0 Å². The van der Waals surface area contributed by atoms with E-state index in [1.54, 1.807) is 0 Å². The van der Waals surface area contributed by atoms with Gasteiger partial charge in [0.25, 0.3) is 0 Å². The Labute approximate surface area is 129 Å². The molecule has 0 aliphatic heterocycles. The van der Waals surface area contributed by atoms with E-state index in [1.807, 2.05) is 48.5 Å². The van der Waals surface area contributed by atoms with Gasteiger partial charge in [-0.3, -0.25) is 0 Å². The summed E-state index contributed by atoms with van der Waals surface area (Å²) in [5, 5.41) is 17.3. The number of nitrogen functional groups attached to an aromatic ring is 2. The lowest BCUT2D eigenvalue weighted by molar-refractivity contribution is 0.460. The number of phenolic OH excluding ortho intramolecular Hbond substituents is 2. The minimum absolute atomic E-state index is 0.169. The van der Waals surface area contributed by atoms with Crippen molar-refractivity contribution in [1.82, 2.24) is 0 Å². The van der Waals surface area contributed by atoms with Gasteiger partial charge in [-0.2, -0.15) is 0 Å². The van der Waals surface area contributed by atoms with Crippen LogP contribution in [0, 0.1) is 0 Å². The molecular formula is C18H18N2O2. The second kappa shape index (κ2) is 7.04. The minimum Gasteiger partial charge on any atom is -0.508 e. The highest BCUT2D eigenvalue weighted by atomic mass is 16.3. The first-order valence-electron chi connectivity index (χ1n) is 6.74. The summed E-state index contributed by atoms with van der Waals surface area (Å²) in [5.74, 6) is 0.339. The van der Waals surface area contributed by atoms with Crippen molar-refractivity contribution >= 4 is 11.4 Å². The van der Waals surface area contributed by atoms with Crippen molar-refractivity contribution in [2.75, 3.05) is 11.5 Å². The van der Waals surface area contributed by atoms with Gasteiger partial charge in [-0.15, -0.1) is 0 Å². The van der Waals surface area contributed by atoms with Crippen molar-refractivity contribution in [3.8, 4) is 22.6 Å². The number of nitrogens with two attached hydrogens (primary N) is 2. The molecule has 112 valence electrons. The van der Waals surface area contributed by atoms with Crippen molar-refractivity contribution < 1.29 is 10.2 Å². The van der Waals surface area contributed by atoms with Crippen LogP contribution in [-0.4, -0.2) is 10.2 Å². The van der Waals surface area contributed by atoms with Crippen LogP contribution in [-0.2, 0) is 0 Å². The first-order valence-corrected chi connectivity index (χ1v) is 6.74. The third kappa shape index (κ3) is 4.45. The van der Waals surface area contributed by atoms with Gasteiger partial charge < -0.3 is 21.7 Å². The maximum atomic E-state index is 8.65. The van der Waals surface area contributed by atoms with E-state index >= 15 is 0 Å². The molecule has 0 spiro atoms. The highest BCUT2D eigenvalue weighted by Gasteiger charge is 1.95. The molecule has 4 heteroatoms. The third-order valence-electron chi connectivity index (χ3n) is 3.00. The first kappa shape index (κ1) is 15.3. The average molecular weight is 294 g/mol. The summed E-state index contributed by atoms with van der Waals surface area (Å²) in [6.45, 7) is 0. The van der Waals surface area contributed by atoms with Gasteiger partial charge in [0.15, 0.2) is 0 Å². The van der Waals surface area contributed by atoms with E-state index in [-0.39, 0.29) is 11.5 Å². The van der Waals surface area contributed by atoms with Crippen molar-refractivity contribution in [3.05, 3.63) is 72.8 Å². The molecule has 0 amide bonds. The van der Waals surface area contributed by atoms with Gasteiger partial charge in [0.1, 0.15) is 11.5 Å². The summed E-state index contributed by atoms with van der Waals surface area (Å²) in [7, 11) is 0. The molecule has 0 atom stereocenters. The van der Waals surface area contributed by atoms with E-state index in [9.17, 15) is 0 Å². The fourth-order valence-electron chi connectivity index (χ4n) is 1.80. The molecule has 3 aromatic carbocycles. The maximum Gasteiger partial charge on any atom is 0.115 e. The molecule has 0 aromatic heterocycles. The lowest BCUT2D eigenvalue weighted by atomic mass is 10.1. The summed E-state index contributed by atoms with van der Waals surface area (Å²) in [5.41, 5.74) is 15.1. The van der Waals surface area contributed by atoms with Crippen LogP contribution in [0.3, 0.4) is 0 Å². The molecular weight excluding hydrogens is 276 g/mol. The Kier molecular flexibility index (Phi) is 4.88. The van der Waals surface area contributed by atoms with Crippen molar-refractivity contribution in [2.24, 2.45) is 0 Å². The summed E-state index contributed by atoms with van der Waals surface area (Å²) in [6.07, 6.45) is 0. The molecule has 0 heterocycles. The molecule has 4 nitrogen and oxygen atoms in total. The van der Waals surface area contributed by atoms with Gasteiger partial charge in [-0.05, 0) is 59.7 Å². The predicted molar refractivity (Wildman–Crippen MR) is 90.5 cm³/mol. The van der Waals surface area contributed by atoms with Gasteiger partial charge in [-0.25, -0.2) is 0 Å². The Hall–Kier alpha value is -3.14. The zero-order valence-electron chi connectivity index (χ0n) is 12.0. The van der Waals surface area contributed by atoms with Crippen LogP contribution in [0.15, 0.2) is 72.8 Å². The summed E-state index contributed by atoms with van der Waals surface area (Å²) in [6, 6.07) is 21.3. The van der Waals surface area contributed by atoms with Gasteiger partial charge in [-0.1, -0.05) is 24.3 Å². The maximum absolute atomic E-state index is 8.65. The normalized spacial score (nSPS) is 9.64. The van der Waals surface area contributed by atoms with Crippen LogP contribution in [0.2, 0.25) is 0 Å². The number of rotatable bonds is 1. The molecule has 3 aromatic rings. The smallest absolute Gasteiger partial charge is 0.115 e. The SMILES string of the molecule is Nc1ccc(-c2ccc(N)cc2)cc1.Oc1ccc(O)cc1. The second-order valence-electron chi connectivity index (χ2n) is 4.76. The molecule has 22 heavy (non-hydrogen) atoms. The lowest BCUT2D eigenvalue weighted by Crippen LogP contribution is -1.85. The van der Waals surface area contributed by atoms with Gasteiger partial charge in [0.2, 0.25) is 0 Å². The summed E-state index contributed by atoms with van der Waals surface area (Å²) < 4.78 is 0. The Morgan fingerprint density at radius 2 is 0.727 bits per heavy atom. The Morgan fingerprint density at radius 3 is 1.00 bits per heavy atom. The average Bonchev–Trinajstić information content (AvgIpc) is 2.53. The molecule has 0 saturated carbocycles. The molecule has 0 aliphatic carbocycles. The van der Waals surface area contributed by atoms with Crippen molar-refractivity contribution in [2.45, 2.75) is 0 Å². The fourth-order valence-corrected chi connectivity index (χ4v) is 1.80. The number of hydrogen-bond acceptors (Lipinski definition) is 4. The largest absolute Gasteiger partial charge is 0.508 e. The Balaban J connectivity index is 0.000000188. The molecule has 6 N–H and O–H groups in total. The van der Waals surface area contributed by atoms with Gasteiger partial charge in [0, 0.05) is 11.4 Å².